The van der Waals surface area contributed by atoms with Crippen LogP contribution < -0.4 is 25.6 Å². The van der Waals surface area contributed by atoms with E-state index in [0.29, 0.717) is 29.3 Å². The van der Waals surface area contributed by atoms with Crippen LogP contribution in [0.25, 0.3) is 0 Å². The van der Waals surface area contributed by atoms with Crippen molar-refractivity contribution in [1.29, 1.82) is 0 Å². The van der Waals surface area contributed by atoms with Gasteiger partial charge in [-0.15, -0.1) is 0 Å². The number of esters is 1. The molecule has 0 heterocycles. The lowest BCUT2D eigenvalue weighted by Gasteiger charge is -2.55. The van der Waals surface area contributed by atoms with E-state index in [1.54, 1.807) is 6.07 Å². The van der Waals surface area contributed by atoms with Crippen LogP contribution in [0.15, 0.2) is 18.2 Å². The molecule has 5 rings (SSSR count). The number of hydrogen-bond acceptors (Lipinski definition) is 7. The highest BCUT2D eigenvalue weighted by molar-refractivity contribution is 5.96. The molecule has 0 aromatic heterocycles. The predicted molar refractivity (Wildman–Crippen MR) is 120 cm³/mol. The van der Waals surface area contributed by atoms with E-state index in [4.69, 9.17) is 14.2 Å². The van der Waals surface area contributed by atoms with Gasteiger partial charge >= 0.3 is 5.97 Å². The summed E-state index contributed by atoms with van der Waals surface area (Å²) in [5.74, 6) is 0.634. The molecule has 0 unspecified atom stereocenters. The van der Waals surface area contributed by atoms with Gasteiger partial charge in [-0.05, 0) is 74.5 Å². The molecule has 0 saturated heterocycles. The molecule has 1 aromatic rings. The van der Waals surface area contributed by atoms with Crippen LogP contribution in [0.2, 0.25) is 0 Å². The first-order chi connectivity index (χ1) is 16.3. The zero-order valence-corrected chi connectivity index (χ0v) is 19.5. The van der Waals surface area contributed by atoms with Crippen molar-refractivity contribution in [3.05, 3.63) is 23.8 Å². The molecule has 1 aromatic carbocycles. The van der Waals surface area contributed by atoms with Crippen molar-refractivity contribution in [2.75, 3.05) is 27.4 Å². The second-order valence-electron chi connectivity index (χ2n) is 9.61. The molecular formula is C24H31N3O7. The molecule has 0 aliphatic heterocycles. The van der Waals surface area contributed by atoms with Crippen LogP contribution in [0, 0.1) is 23.2 Å². The molecule has 10 heteroatoms. The van der Waals surface area contributed by atoms with Crippen LogP contribution in [-0.4, -0.2) is 51.1 Å². The van der Waals surface area contributed by atoms with Gasteiger partial charge in [-0.25, -0.2) is 0 Å². The van der Waals surface area contributed by atoms with Gasteiger partial charge in [0.15, 0.2) is 18.1 Å². The number of methoxy groups -OCH3 is 2. The van der Waals surface area contributed by atoms with Gasteiger partial charge in [0.2, 0.25) is 5.91 Å². The Kier molecular flexibility index (Phi) is 6.95. The topological polar surface area (TPSA) is 132 Å². The zero-order valence-electron chi connectivity index (χ0n) is 19.5. The lowest BCUT2D eigenvalue weighted by Crippen LogP contribution is -2.54. The van der Waals surface area contributed by atoms with Gasteiger partial charge in [-0.1, -0.05) is 0 Å². The Labute approximate surface area is 198 Å². The van der Waals surface area contributed by atoms with Crippen LogP contribution in [0.3, 0.4) is 0 Å². The first-order valence-corrected chi connectivity index (χ1v) is 11.6. The second-order valence-corrected chi connectivity index (χ2v) is 9.61. The van der Waals surface area contributed by atoms with E-state index in [9.17, 15) is 19.2 Å². The molecule has 0 spiro atoms. The van der Waals surface area contributed by atoms with Gasteiger partial charge in [-0.3, -0.25) is 30.0 Å². The maximum absolute atomic E-state index is 12.9. The molecule has 0 radical (unpaired) electrons. The molecule has 3 N–H and O–H groups in total. The highest BCUT2D eigenvalue weighted by Gasteiger charge is 2.54. The van der Waals surface area contributed by atoms with Crippen LogP contribution in [-0.2, 0) is 19.1 Å². The van der Waals surface area contributed by atoms with E-state index in [2.05, 4.69) is 16.2 Å². The largest absolute Gasteiger partial charge is 0.493 e. The maximum atomic E-state index is 12.9. The normalized spacial score (nSPS) is 26.4. The number of benzene rings is 1. The minimum absolute atomic E-state index is 0.0739. The summed E-state index contributed by atoms with van der Waals surface area (Å²) < 4.78 is 15.2. The minimum Gasteiger partial charge on any atom is -0.493 e. The zero-order chi connectivity index (χ0) is 24.3. The molecule has 4 aliphatic carbocycles. The van der Waals surface area contributed by atoms with E-state index in [0.717, 1.165) is 19.3 Å². The fraction of sp³-hybridized carbons (Fsp3) is 0.583. The molecule has 10 nitrogen and oxygen atoms in total. The quantitative estimate of drug-likeness (QED) is 0.383. The Hall–Kier alpha value is -3.30. The Balaban J connectivity index is 1.17. The van der Waals surface area contributed by atoms with Crippen molar-refractivity contribution in [2.45, 2.75) is 38.5 Å². The maximum Gasteiger partial charge on any atom is 0.325 e. The van der Waals surface area contributed by atoms with Gasteiger partial charge in [0, 0.05) is 11.0 Å². The summed E-state index contributed by atoms with van der Waals surface area (Å²) in [6, 6.07) is 4.54. The first-order valence-electron chi connectivity index (χ1n) is 11.6. The van der Waals surface area contributed by atoms with E-state index in [-0.39, 0.29) is 23.4 Å². The molecule has 4 saturated carbocycles. The molecule has 184 valence electrons. The summed E-state index contributed by atoms with van der Waals surface area (Å²) >= 11 is 0. The highest BCUT2D eigenvalue weighted by atomic mass is 16.5. The lowest BCUT2D eigenvalue weighted by molar-refractivity contribution is -0.152. The average Bonchev–Trinajstić information content (AvgIpc) is 2.83. The number of rotatable bonds is 8. The van der Waals surface area contributed by atoms with Crippen molar-refractivity contribution < 1.29 is 33.4 Å². The number of nitrogens with one attached hydrogen (secondary N) is 3. The summed E-state index contributed by atoms with van der Waals surface area (Å²) in [5.41, 5.74) is 4.31. The van der Waals surface area contributed by atoms with Crippen molar-refractivity contribution in [3.8, 4) is 11.5 Å². The number of amides is 3. The lowest BCUT2D eigenvalue weighted by atomic mass is 9.49. The van der Waals surface area contributed by atoms with Gasteiger partial charge in [-0.2, -0.15) is 0 Å². The summed E-state index contributed by atoms with van der Waals surface area (Å²) in [7, 11) is 2.93. The first kappa shape index (κ1) is 23.8. The Morgan fingerprint density at radius 3 is 2.12 bits per heavy atom. The van der Waals surface area contributed by atoms with E-state index in [1.165, 1.54) is 45.6 Å². The van der Waals surface area contributed by atoms with Gasteiger partial charge < -0.3 is 19.5 Å². The van der Waals surface area contributed by atoms with Crippen molar-refractivity contribution in [3.63, 3.8) is 0 Å². The Bertz CT molecular complexity index is 942. The van der Waals surface area contributed by atoms with E-state index >= 15 is 0 Å². The third-order valence-electron chi connectivity index (χ3n) is 7.24. The van der Waals surface area contributed by atoms with Crippen molar-refractivity contribution >= 4 is 23.7 Å². The smallest absolute Gasteiger partial charge is 0.325 e. The van der Waals surface area contributed by atoms with Crippen LogP contribution in [0.1, 0.15) is 48.9 Å². The Morgan fingerprint density at radius 2 is 1.53 bits per heavy atom. The number of carbonyl (C=O) groups excluding carboxylic acids is 4. The van der Waals surface area contributed by atoms with Gasteiger partial charge in [0.1, 0.15) is 6.54 Å². The molecular weight excluding hydrogens is 442 g/mol. The Morgan fingerprint density at radius 1 is 0.912 bits per heavy atom. The minimum atomic E-state index is -0.713. The summed E-state index contributed by atoms with van der Waals surface area (Å²) in [6.45, 7) is -0.871. The highest BCUT2D eigenvalue weighted by Crippen LogP contribution is 2.60. The number of hydrogen-bond donors (Lipinski definition) is 3. The van der Waals surface area contributed by atoms with E-state index < -0.39 is 24.4 Å². The van der Waals surface area contributed by atoms with Crippen LogP contribution in [0.5, 0.6) is 11.5 Å². The van der Waals surface area contributed by atoms with Gasteiger partial charge in [0.25, 0.3) is 11.8 Å². The van der Waals surface area contributed by atoms with Crippen molar-refractivity contribution in [2.24, 2.45) is 23.2 Å². The number of ether oxygens (including phenoxy) is 3. The van der Waals surface area contributed by atoms with Gasteiger partial charge in [0.05, 0.1) is 14.2 Å². The second kappa shape index (κ2) is 9.90. The van der Waals surface area contributed by atoms with Crippen LogP contribution >= 0.6 is 0 Å². The molecule has 3 amide bonds. The molecule has 4 aliphatic rings. The van der Waals surface area contributed by atoms with Crippen LogP contribution in [0.4, 0.5) is 0 Å². The standard InChI is InChI=1S/C24H31N3O7/c1-32-18-4-3-17(8-19(18)33-2)22(30)27-26-20(28)13-34-21(29)12-25-23(31)24-9-14-5-15(10-24)7-16(6-14)11-24/h3-4,8,14-16H,5-7,9-13H2,1-2H3,(H,25,31)(H,26,28)(H,27,30). The SMILES string of the molecule is COc1ccc(C(=O)NNC(=O)COC(=O)CNC(=O)C23CC4CC(CC(C4)C2)C3)cc1OC. The summed E-state index contributed by atoms with van der Waals surface area (Å²) in [4.78, 5) is 49.1. The fourth-order valence-electron chi connectivity index (χ4n) is 6.14. The predicted octanol–water partition coefficient (Wildman–Crippen LogP) is 1.34. The van der Waals surface area contributed by atoms with Crippen molar-refractivity contribution in [1.82, 2.24) is 16.2 Å². The third kappa shape index (κ3) is 5.10. The monoisotopic (exact) mass is 473 g/mol. The number of carbonyl (C=O) groups is 4. The summed E-state index contributed by atoms with van der Waals surface area (Å²) in [5, 5.41) is 2.72. The fourth-order valence-corrected chi connectivity index (χ4v) is 6.14. The molecule has 4 bridgehead atoms. The molecule has 4 fully saturated rings. The molecule has 34 heavy (non-hydrogen) atoms. The average molecular weight is 474 g/mol. The third-order valence-corrected chi connectivity index (χ3v) is 7.24. The molecule has 0 atom stereocenters. The summed E-state index contributed by atoms with van der Waals surface area (Å²) in [6.07, 6.45) is 6.40. The number of hydrazine groups is 1. The van der Waals surface area contributed by atoms with E-state index in [1.807, 2.05) is 0 Å².